The Morgan fingerprint density at radius 1 is 1.28 bits per heavy atom. The van der Waals surface area contributed by atoms with Gasteiger partial charge in [-0.05, 0) is 12.1 Å². The van der Waals surface area contributed by atoms with E-state index in [0.717, 1.165) is 6.07 Å². The molecule has 0 radical (unpaired) electrons. The Labute approximate surface area is 102 Å². The van der Waals surface area contributed by atoms with Crippen LogP contribution in [0.5, 0.6) is 5.75 Å². The van der Waals surface area contributed by atoms with E-state index in [1.807, 2.05) is 0 Å². The number of alkyl halides is 4. The van der Waals surface area contributed by atoms with Gasteiger partial charge in [-0.2, -0.15) is 17.6 Å². The molecule has 0 saturated carbocycles. The molecule has 18 heavy (non-hydrogen) atoms. The molecule has 1 rings (SSSR count). The molecule has 1 aromatic carbocycles. The van der Waals surface area contributed by atoms with E-state index in [1.54, 1.807) is 0 Å². The number of hydrogen-bond acceptors (Lipinski definition) is 2. The molecule has 0 aliphatic carbocycles. The van der Waals surface area contributed by atoms with Gasteiger partial charge < -0.3 is 9.84 Å². The number of halogens is 4. The van der Waals surface area contributed by atoms with Crippen LogP contribution in [0, 0.1) is 0 Å². The Balaban J connectivity index is 3.21. The molecule has 0 heterocycles. The zero-order chi connectivity index (χ0) is 14.0. The van der Waals surface area contributed by atoms with Gasteiger partial charge in [-0.1, -0.05) is 24.8 Å². The monoisotopic (exact) mass is 264 g/mol. The molecule has 1 aromatic rings. The van der Waals surface area contributed by atoms with Crippen LogP contribution in [0.3, 0.4) is 0 Å². The van der Waals surface area contributed by atoms with Crippen LogP contribution in [-0.2, 0) is 0 Å². The molecular formula is C12H12F4O2. The van der Waals surface area contributed by atoms with E-state index in [9.17, 15) is 22.7 Å². The highest BCUT2D eigenvalue weighted by atomic mass is 19.3. The van der Waals surface area contributed by atoms with E-state index in [0.29, 0.717) is 0 Å². The lowest BCUT2D eigenvalue weighted by atomic mass is 9.98. The molecule has 1 N–H and O–H groups in total. The molecule has 1 unspecified atom stereocenters. The highest BCUT2D eigenvalue weighted by Gasteiger charge is 2.59. The third-order valence-electron chi connectivity index (χ3n) is 2.48. The second-order valence-corrected chi connectivity index (χ2v) is 3.59. The zero-order valence-corrected chi connectivity index (χ0v) is 9.54. The zero-order valence-electron chi connectivity index (χ0n) is 9.54. The second-order valence-electron chi connectivity index (χ2n) is 3.59. The van der Waals surface area contributed by atoms with Crippen LogP contribution in [0.1, 0.15) is 11.7 Å². The van der Waals surface area contributed by atoms with Crippen molar-refractivity contribution >= 4 is 0 Å². The van der Waals surface area contributed by atoms with Crippen molar-refractivity contribution in [2.75, 3.05) is 7.11 Å². The summed E-state index contributed by atoms with van der Waals surface area (Å²) in [6.07, 6.45) is -2.88. The minimum Gasteiger partial charge on any atom is -0.496 e. The second kappa shape index (κ2) is 4.97. The lowest BCUT2D eigenvalue weighted by molar-refractivity contribution is -0.232. The summed E-state index contributed by atoms with van der Waals surface area (Å²) in [6, 6.07) is 5.19. The van der Waals surface area contributed by atoms with Crippen molar-refractivity contribution < 1.29 is 27.4 Å². The summed E-state index contributed by atoms with van der Waals surface area (Å²) in [4.78, 5) is 0. The van der Waals surface area contributed by atoms with Crippen molar-refractivity contribution in [1.82, 2.24) is 0 Å². The smallest absolute Gasteiger partial charge is 0.343 e. The van der Waals surface area contributed by atoms with Crippen LogP contribution in [0.2, 0.25) is 0 Å². The van der Waals surface area contributed by atoms with Gasteiger partial charge in [-0.3, -0.25) is 0 Å². The average molecular weight is 264 g/mol. The van der Waals surface area contributed by atoms with E-state index >= 15 is 0 Å². The number of para-hydroxylation sites is 1. The maximum Gasteiger partial charge on any atom is 0.343 e. The molecule has 0 aliphatic rings. The van der Waals surface area contributed by atoms with Crippen molar-refractivity contribution in [3.63, 3.8) is 0 Å². The number of allylic oxidation sites excluding steroid dienone is 1. The maximum atomic E-state index is 13.5. The summed E-state index contributed by atoms with van der Waals surface area (Å²) < 4.78 is 57.8. The first-order valence-corrected chi connectivity index (χ1v) is 4.98. The summed E-state index contributed by atoms with van der Waals surface area (Å²) in [5.41, 5.74) is -0.411. The SMILES string of the molecule is C=CC(F)(F)C(F)(F)C(O)c1ccccc1OC. The van der Waals surface area contributed by atoms with Crippen molar-refractivity contribution in [2.24, 2.45) is 0 Å². The quantitative estimate of drug-likeness (QED) is 0.653. The Hall–Kier alpha value is -1.56. The standard InChI is InChI=1S/C12H12F4O2/c1-3-11(13,14)12(15,16)10(17)8-6-4-5-7-9(8)18-2/h3-7,10,17H,1H2,2H3. The van der Waals surface area contributed by atoms with E-state index in [4.69, 9.17) is 4.74 Å². The number of methoxy groups -OCH3 is 1. The summed E-state index contributed by atoms with van der Waals surface area (Å²) in [7, 11) is 1.19. The molecule has 0 saturated heterocycles. The van der Waals surface area contributed by atoms with Gasteiger partial charge >= 0.3 is 11.8 Å². The fourth-order valence-electron chi connectivity index (χ4n) is 1.41. The lowest BCUT2D eigenvalue weighted by Gasteiger charge is -2.29. The Morgan fingerprint density at radius 2 is 1.83 bits per heavy atom. The van der Waals surface area contributed by atoms with E-state index < -0.39 is 23.5 Å². The molecule has 0 bridgehead atoms. The maximum absolute atomic E-state index is 13.5. The Bertz CT molecular complexity index is 432. The molecule has 0 spiro atoms. The first-order chi connectivity index (χ1) is 8.28. The van der Waals surface area contributed by atoms with Crippen LogP contribution >= 0.6 is 0 Å². The third-order valence-corrected chi connectivity index (χ3v) is 2.48. The van der Waals surface area contributed by atoms with Gasteiger partial charge in [-0.25, -0.2) is 0 Å². The predicted molar refractivity (Wildman–Crippen MR) is 58.0 cm³/mol. The highest BCUT2D eigenvalue weighted by molar-refractivity contribution is 5.36. The number of aliphatic hydroxyl groups is 1. The fourth-order valence-corrected chi connectivity index (χ4v) is 1.41. The van der Waals surface area contributed by atoms with Crippen LogP contribution in [-0.4, -0.2) is 24.1 Å². The highest BCUT2D eigenvalue weighted by Crippen LogP contribution is 2.45. The van der Waals surface area contributed by atoms with Gasteiger partial charge in [-0.15, -0.1) is 0 Å². The molecule has 100 valence electrons. The molecular weight excluding hydrogens is 252 g/mol. The van der Waals surface area contributed by atoms with E-state index in [2.05, 4.69) is 6.58 Å². The topological polar surface area (TPSA) is 29.5 Å². The van der Waals surface area contributed by atoms with Crippen molar-refractivity contribution in [3.8, 4) is 5.75 Å². The largest absolute Gasteiger partial charge is 0.496 e. The number of hydrogen-bond donors (Lipinski definition) is 1. The van der Waals surface area contributed by atoms with Crippen LogP contribution in [0.4, 0.5) is 17.6 Å². The molecule has 1 atom stereocenters. The summed E-state index contributed by atoms with van der Waals surface area (Å²) in [5, 5.41) is 9.47. The van der Waals surface area contributed by atoms with Gasteiger partial charge in [0.2, 0.25) is 0 Å². The van der Waals surface area contributed by atoms with Gasteiger partial charge in [0.1, 0.15) is 5.75 Å². The van der Waals surface area contributed by atoms with Gasteiger partial charge in [0, 0.05) is 5.56 Å². The van der Waals surface area contributed by atoms with Crippen LogP contribution in [0.15, 0.2) is 36.9 Å². The van der Waals surface area contributed by atoms with Gasteiger partial charge in [0.05, 0.1) is 7.11 Å². The molecule has 0 aliphatic heterocycles. The van der Waals surface area contributed by atoms with Gasteiger partial charge in [0.15, 0.2) is 6.10 Å². The molecule has 0 aromatic heterocycles. The van der Waals surface area contributed by atoms with E-state index in [1.165, 1.54) is 25.3 Å². The Morgan fingerprint density at radius 3 is 2.33 bits per heavy atom. The number of rotatable bonds is 5. The van der Waals surface area contributed by atoms with Crippen LogP contribution < -0.4 is 4.74 Å². The van der Waals surface area contributed by atoms with Gasteiger partial charge in [0.25, 0.3) is 0 Å². The normalized spacial score (nSPS) is 14.1. The van der Waals surface area contributed by atoms with Crippen molar-refractivity contribution in [1.29, 1.82) is 0 Å². The van der Waals surface area contributed by atoms with Crippen molar-refractivity contribution in [2.45, 2.75) is 17.9 Å². The minimum absolute atomic E-state index is 0.0930. The third kappa shape index (κ3) is 2.33. The van der Waals surface area contributed by atoms with Crippen molar-refractivity contribution in [3.05, 3.63) is 42.5 Å². The van der Waals surface area contributed by atoms with Crippen LogP contribution in [0.25, 0.3) is 0 Å². The molecule has 6 heteroatoms. The Kier molecular flexibility index (Phi) is 4.01. The summed E-state index contributed by atoms with van der Waals surface area (Å²) in [6.45, 7) is 2.64. The summed E-state index contributed by atoms with van der Waals surface area (Å²) in [5.74, 6) is -9.29. The fraction of sp³-hybridized carbons (Fsp3) is 0.333. The first kappa shape index (κ1) is 14.5. The lowest BCUT2D eigenvalue weighted by Crippen LogP contribution is -2.44. The number of benzene rings is 1. The molecule has 0 amide bonds. The predicted octanol–water partition coefficient (Wildman–Crippen LogP) is 3.19. The average Bonchev–Trinajstić information content (AvgIpc) is 2.37. The summed E-state index contributed by atoms with van der Waals surface area (Å²) >= 11 is 0. The molecule has 2 nitrogen and oxygen atoms in total. The first-order valence-electron chi connectivity index (χ1n) is 4.98. The number of ether oxygens (including phenoxy) is 1. The molecule has 0 fully saturated rings. The number of aliphatic hydroxyl groups excluding tert-OH is 1. The minimum atomic E-state index is -4.68. The van der Waals surface area contributed by atoms with E-state index in [-0.39, 0.29) is 11.8 Å².